The van der Waals surface area contributed by atoms with Crippen LogP contribution in [0.15, 0.2) is 22.7 Å². The zero-order valence-corrected chi connectivity index (χ0v) is 12.7. The average Bonchev–Trinajstić information content (AvgIpc) is 2.39. The van der Waals surface area contributed by atoms with Crippen LogP contribution in [0.5, 0.6) is 5.75 Å². The molecule has 1 aliphatic carbocycles. The van der Waals surface area contributed by atoms with Gasteiger partial charge in [-0.25, -0.2) is 4.79 Å². The van der Waals surface area contributed by atoms with Gasteiger partial charge >= 0.3 is 5.97 Å². The lowest BCUT2D eigenvalue weighted by molar-refractivity contribution is -0.152. The summed E-state index contributed by atoms with van der Waals surface area (Å²) in [6.45, 7) is 1.94. The van der Waals surface area contributed by atoms with Crippen LogP contribution in [-0.2, 0) is 9.53 Å². The Morgan fingerprint density at radius 3 is 2.74 bits per heavy atom. The highest BCUT2D eigenvalue weighted by atomic mass is 79.9. The van der Waals surface area contributed by atoms with Crippen molar-refractivity contribution in [2.75, 3.05) is 6.61 Å². The van der Waals surface area contributed by atoms with Crippen LogP contribution in [0.3, 0.4) is 0 Å². The predicted octanol–water partition coefficient (Wildman–Crippen LogP) is 4.01. The molecule has 0 aliphatic heterocycles. The summed E-state index contributed by atoms with van der Waals surface area (Å²) in [6.07, 6.45) is 5.64. The van der Waals surface area contributed by atoms with E-state index in [1.165, 1.54) is 6.42 Å². The van der Waals surface area contributed by atoms with Crippen LogP contribution in [-0.4, -0.2) is 18.7 Å². The van der Waals surface area contributed by atoms with Crippen LogP contribution in [0.4, 0.5) is 0 Å². The molecule has 1 saturated carbocycles. The molecule has 0 aromatic heterocycles. The van der Waals surface area contributed by atoms with Gasteiger partial charge in [0.05, 0.1) is 0 Å². The quantitative estimate of drug-likeness (QED) is 0.784. The van der Waals surface area contributed by atoms with Crippen molar-refractivity contribution in [2.24, 2.45) is 0 Å². The summed E-state index contributed by atoms with van der Waals surface area (Å²) in [6, 6.07) is 5.71. The van der Waals surface area contributed by atoms with Crippen molar-refractivity contribution in [3.05, 3.63) is 28.2 Å². The lowest BCUT2D eigenvalue weighted by atomic mass is 9.98. The lowest BCUT2D eigenvalue weighted by Crippen LogP contribution is -2.24. The Morgan fingerprint density at radius 2 is 2.05 bits per heavy atom. The second kappa shape index (κ2) is 6.94. The minimum Gasteiger partial charge on any atom is -0.482 e. The highest BCUT2D eigenvalue weighted by molar-refractivity contribution is 9.10. The van der Waals surface area contributed by atoms with E-state index in [1.54, 1.807) is 0 Å². The fourth-order valence-corrected chi connectivity index (χ4v) is 2.79. The van der Waals surface area contributed by atoms with Crippen molar-refractivity contribution in [3.8, 4) is 5.75 Å². The van der Waals surface area contributed by atoms with E-state index in [0.29, 0.717) is 0 Å². The Bertz CT molecular complexity index is 439. The van der Waals surface area contributed by atoms with Crippen molar-refractivity contribution in [1.82, 2.24) is 0 Å². The van der Waals surface area contributed by atoms with E-state index in [0.717, 1.165) is 41.5 Å². The normalized spacial score (nSPS) is 16.1. The van der Waals surface area contributed by atoms with Crippen molar-refractivity contribution in [3.63, 3.8) is 0 Å². The Labute approximate surface area is 122 Å². The number of halogens is 1. The summed E-state index contributed by atoms with van der Waals surface area (Å²) in [4.78, 5) is 11.7. The standard InChI is InChI=1S/C15H19BrO3/c1-11-9-12(16)7-8-14(11)18-10-15(17)19-13-5-3-2-4-6-13/h7-9,13H,2-6,10H2,1H3. The summed E-state index contributed by atoms with van der Waals surface area (Å²) >= 11 is 3.39. The number of carbonyl (C=O) groups excluding carboxylic acids is 1. The van der Waals surface area contributed by atoms with Crippen LogP contribution in [0.2, 0.25) is 0 Å². The maximum absolute atomic E-state index is 11.7. The summed E-state index contributed by atoms with van der Waals surface area (Å²) < 4.78 is 11.9. The largest absolute Gasteiger partial charge is 0.482 e. The van der Waals surface area contributed by atoms with Gasteiger partial charge in [0.2, 0.25) is 0 Å². The van der Waals surface area contributed by atoms with Crippen LogP contribution >= 0.6 is 15.9 Å². The van der Waals surface area contributed by atoms with Gasteiger partial charge in [-0.2, -0.15) is 0 Å². The first-order chi connectivity index (χ1) is 9.15. The summed E-state index contributed by atoms with van der Waals surface area (Å²) in [5.74, 6) is 0.456. The van der Waals surface area contributed by atoms with Crippen LogP contribution in [0.1, 0.15) is 37.7 Å². The molecule has 19 heavy (non-hydrogen) atoms. The topological polar surface area (TPSA) is 35.5 Å². The number of esters is 1. The molecule has 0 saturated heterocycles. The van der Waals surface area contributed by atoms with Crippen molar-refractivity contribution >= 4 is 21.9 Å². The van der Waals surface area contributed by atoms with Crippen molar-refractivity contribution < 1.29 is 14.3 Å². The first kappa shape index (κ1) is 14.4. The van der Waals surface area contributed by atoms with Crippen LogP contribution in [0.25, 0.3) is 0 Å². The molecule has 0 unspecified atom stereocenters. The van der Waals surface area contributed by atoms with Gasteiger partial charge in [0.25, 0.3) is 0 Å². The number of carbonyl (C=O) groups is 1. The molecule has 4 heteroatoms. The number of ether oxygens (including phenoxy) is 2. The molecular weight excluding hydrogens is 308 g/mol. The third kappa shape index (κ3) is 4.53. The second-order valence-electron chi connectivity index (χ2n) is 4.95. The molecule has 2 rings (SSSR count). The number of hydrogen-bond acceptors (Lipinski definition) is 3. The fourth-order valence-electron chi connectivity index (χ4n) is 2.31. The highest BCUT2D eigenvalue weighted by Gasteiger charge is 2.18. The smallest absolute Gasteiger partial charge is 0.344 e. The molecule has 0 amide bonds. The predicted molar refractivity (Wildman–Crippen MR) is 77.3 cm³/mol. The van der Waals surface area contributed by atoms with E-state index >= 15 is 0 Å². The summed E-state index contributed by atoms with van der Waals surface area (Å²) in [5, 5.41) is 0. The first-order valence-electron chi connectivity index (χ1n) is 6.73. The first-order valence-corrected chi connectivity index (χ1v) is 7.53. The molecule has 104 valence electrons. The molecule has 0 spiro atoms. The van der Waals surface area contributed by atoms with E-state index in [2.05, 4.69) is 15.9 Å². The van der Waals surface area contributed by atoms with Gasteiger partial charge in [0.15, 0.2) is 6.61 Å². The van der Waals surface area contributed by atoms with Gasteiger partial charge < -0.3 is 9.47 Å². The maximum atomic E-state index is 11.7. The summed E-state index contributed by atoms with van der Waals surface area (Å²) in [5.41, 5.74) is 1.000. The molecule has 1 aromatic rings. The number of hydrogen-bond donors (Lipinski definition) is 0. The molecule has 3 nitrogen and oxygen atoms in total. The monoisotopic (exact) mass is 326 g/mol. The minimum absolute atomic E-state index is 0.0149. The van der Waals surface area contributed by atoms with Gasteiger partial charge in [-0.3, -0.25) is 0 Å². The van der Waals surface area contributed by atoms with Gasteiger partial charge in [0, 0.05) is 4.47 Å². The van der Waals surface area contributed by atoms with Gasteiger partial charge in [-0.1, -0.05) is 22.4 Å². The molecule has 0 N–H and O–H groups in total. The van der Waals surface area contributed by atoms with Gasteiger partial charge in [-0.15, -0.1) is 0 Å². The molecule has 1 aliphatic rings. The Balaban J connectivity index is 1.79. The van der Waals surface area contributed by atoms with Crippen LogP contribution < -0.4 is 4.74 Å². The van der Waals surface area contributed by atoms with E-state index < -0.39 is 0 Å². The third-order valence-electron chi connectivity index (χ3n) is 3.33. The van der Waals surface area contributed by atoms with Crippen LogP contribution in [0, 0.1) is 6.92 Å². The highest BCUT2D eigenvalue weighted by Crippen LogP contribution is 2.23. The summed E-state index contributed by atoms with van der Waals surface area (Å²) in [7, 11) is 0. The van der Waals surface area contributed by atoms with Crippen molar-refractivity contribution in [1.29, 1.82) is 0 Å². The number of aryl methyl sites for hydroxylation is 1. The van der Waals surface area contributed by atoms with E-state index in [4.69, 9.17) is 9.47 Å². The molecule has 0 radical (unpaired) electrons. The maximum Gasteiger partial charge on any atom is 0.344 e. The zero-order chi connectivity index (χ0) is 13.7. The second-order valence-corrected chi connectivity index (χ2v) is 5.86. The molecule has 0 heterocycles. The molecule has 1 aromatic carbocycles. The number of rotatable bonds is 4. The Morgan fingerprint density at radius 1 is 1.32 bits per heavy atom. The zero-order valence-electron chi connectivity index (χ0n) is 11.2. The molecule has 1 fully saturated rings. The van der Waals surface area contributed by atoms with Gasteiger partial charge in [0.1, 0.15) is 11.9 Å². The molecule has 0 atom stereocenters. The minimum atomic E-state index is -0.269. The Hall–Kier alpha value is -1.03. The van der Waals surface area contributed by atoms with Crippen molar-refractivity contribution in [2.45, 2.75) is 45.1 Å². The lowest BCUT2D eigenvalue weighted by Gasteiger charge is -2.21. The van der Waals surface area contributed by atoms with E-state index in [9.17, 15) is 4.79 Å². The van der Waals surface area contributed by atoms with E-state index in [-0.39, 0.29) is 18.7 Å². The SMILES string of the molecule is Cc1cc(Br)ccc1OCC(=O)OC1CCCCC1. The Kier molecular flexibility index (Phi) is 5.25. The number of benzene rings is 1. The third-order valence-corrected chi connectivity index (χ3v) is 3.83. The molecular formula is C15H19BrO3. The average molecular weight is 327 g/mol. The van der Waals surface area contributed by atoms with Gasteiger partial charge in [-0.05, 0) is 56.4 Å². The van der Waals surface area contributed by atoms with E-state index in [1.807, 2.05) is 25.1 Å². The fraction of sp³-hybridized carbons (Fsp3) is 0.533. The molecule has 0 bridgehead atoms.